The first-order valence-corrected chi connectivity index (χ1v) is 20.1. The van der Waals surface area contributed by atoms with Gasteiger partial charge >= 0.3 is 0 Å². The number of hydrogen-bond donors (Lipinski definition) is 0. The number of ether oxygens (including phenoxy) is 1. The lowest BCUT2D eigenvalue weighted by molar-refractivity contribution is 0.334. The zero-order valence-electron chi connectivity index (χ0n) is 32.7. The maximum absolute atomic E-state index is 5.66. The van der Waals surface area contributed by atoms with E-state index in [0.29, 0.717) is 0 Å². The molecule has 2 heterocycles. The maximum Gasteiger partial charge on any atom is 0.0860 e. The van der Waals surface area contributed by atoms with Crippen molar-refractivity contribution in [3.05, 3.63) is 186 Å². The number of hydrogen-bond acceptors (Lipinski definition) is 1. The fourth-order valence-corrected chi connectivity index (χ4v) is 9.48. The topological polar surface area (TPSA) is 14.2 Å². The molecule has 1 aliphatic carbocycles. The summed E-state index contributed by atoms with van der Waals surface area (Å²) in [5.74, 6) is 0. The Morgan fingerprint density at radius 2 is 1.52 bits per heavy atom. The number of nitrogens with zero attached hydrogens (tertiary/aromatic N) is 1. The lowest BCUT2D eigenvalue weighted by Gasteiger charge is -2.25. The van der Waals surface area contributed by atoms with Crippen LogP contribution in [0.15, 0.2) is 164 Å². The molecule has 0 spiro atoms. The number of benzene rings is 3. The molecule has 4 aromatic rings. The predicted octanol–water partition coefficient (Wildman–Crippen LogP) is 13.5. The maximum atomic E-state index is 5.66. The van der Waals surface area contributed by atoms with Gasteiger partial charge in [-0.1, -0.05) is 162 Å². The highest BCUT2D eigenvalue weighted by molar-refractivity contribution is 7.77. The standard InChI is InChI=1S/C43H42NOP.2C2H6.C2H4/c1-5-19-34(30-33(31-45-4)29-32-21-11-8-12-22-32)44-39-27-16-10-15-25-37(39)42-38-26-17-18-28-41(38)46(35-23-13-9-14-24-35)40(20-6-2)36(7-3)43(42)44;3*1-2/h5,7-26,28,30-31H,6,27,29H2,1-4H3;2*1-2H3;1-2H2/b19-5-,33-31+,34-30+,36-7+,40-20+;;;. The van der Waals surface area contributed by atoms with E-state index in [4.69, 9.17) is 4.74 Å². The Hall–Kier alpha value is -4.91. The van der Waals surface area contributed by atoms with E-state index in [0.717, 1.165) is 30.5 Å². The van der Waals surface area contributed by atoms with Crippen LogP contribution in [-0.4, -0.2) is 11.7 Å². The quantitative estimate of drug-likeness (QED) is 0.0770. The average Bonchev–Trinajstić information content (AvgIpc) is 3.29. The van der Waals surface area contributed by atoms with Crippen LogP contribution in [0.25, 0.3) is 28.5 Å². The highest BCUT2D eigenvalue weighted by Gasteiger charge is 2.35. The molecule has 1 aliphatic heterocycles. The van der Waals surface area contributed by atoms with Gasteiger partial charge in [0.25, 0.3) is 0 Å². The third kappa shape index (κ3) is 9.30. The van der Waals surface area contributed by atoms with Crippen molar-refractivity contribution in [2.24, 2.45) is 0 Å². The molecule has 0 amide bonds. The highest BCUT2D eigenvalue weighted by Crippen LogP contribution is 2.57. The van der Waals surface area contributed by atoms with Gasteiger partial charge in [0.15, 0.2) is 0 Å². The van der Waals surface area contributed by atoms with Gasteiger partial charge < -0.3 is 9.30 Å². The molecule has 6 rings (SSSR count). The number of allylic oxidation sites excluding steroid dienone is 12. The van der Waals surface area contributed by atoms with Crippen LogP contribution in [0.4, 0.5) is 0 Å². The molecule has 270 valence electrons. The van der Waals surface area contributed by atoms with Gasteiger partial charge in [-0.3, -0.25) is 0 Å². The number of methoxy groups -OCH3 is 1. The monoisotopic (exact) mass is 707 g/mol. The fraction of sp³-hybridized carbons (Fsp3) is 0.224. The van der Waals surface area contributed by atoms with Crippen molar-refractivity contribution < 1.29 is 4.74 Å². The zero-order chi connectivity index (χ0) is 37.9. The Morgan fingerprint density at radius 3 is 2.15 bits per heavy atom. The Balaban J connectivity index is 0.00000116. The molecule has 1 aromatic heterocycles. The zero-order valence-corrected chi connectivity index (χ0v) is 33.6. The molecule has 0 saturated heterocycles. The summed E-state index contributed by atoms with van der Waals surface area (Å²) in [5, 5.41) is 4.21. The summed E-state index contributed by atoms with van der Waals surface area (Å²) >= 11 is 0. The summed E-state index contributed by atoms with van der Waals surface area (Å²) in [4.78, 5) is 0. The summed E-state index contributed by atoms with van der Waals surface area (Å²) < 4.78 is 8.20. The summed E-state index contributed by atoms with van der Waals surface area (Å²) in [6, 6.07) is 30.9. The van der Waals surface area contributed by atoms with Gasteiger partial charge in [0.2, 0.25) is 0 Å². The van der Waals surface area contributed by atoms with Gasteiger partial charge in [-0.15, -0.1) is 13.2 Å². The van der Waals surface area contributed by atoms with E-state index in [1.807, 2.05) is 34.0 Å². The van der Waals surface area contributed by atoms with Crippen LogP contribution >= 0.6 is 7.92 Å². The molecule has 2 nitrogen and oxygen atoms in total. The van der Waals surface area contributed by atoms with Gasteiger partial charge in [0.1, 0.15) is 0 Å². The van der Waals surface area contributed by atoms with Gasteiger partial charge in [0.05, 0.1) is 19.1 Å². The smallest absolute Gasteiger partial charge is 0.0860 e. The van der Waals surface area contributed by atoms with Gasteiger partial charge in [-0.2, -0.15) is 0 Å². The highest BCUT2D eigenvalue weighted by atomic mass is 31.1. The number of aromatic nitrogens is 1. The Morgan fingerprint density at radius 1 is 0.865 bits per heavy atom. The second-order valence-electron chi connectivity index (χ2n) is 11.5. The van der Waals surface area contributed by atoms with Crippen LogP contribution in [-0.2, 0) is 17.6 Å². The molecule has 0 N–H and O–H groups in total. The second-order valence-corrected chi connectivity index (χ2v) is 13.6. The van der Waals surface area contributed by atoms with Crippen LogP contribution in [0, 0.1) is 0 Å². The van der Waals surface area contributed by atoms with Gasteiger partial charge in [0, 0.05) is 40.9 Å². The lowest BCUT2D eigenvalue weighted by atomic mass is 9.96. The summed E-state index contributed by atoms with van der Waals surface area (Å²) in [7, 11) is 0.947. The molecule has 3 aromatic carbocycles. The minimum Gasteiger partial charge on any atom is -0.504 e. The normalized spacial score (nSPS) is 16.2. The largest absolute Gasteiger partial charge is 0.504 e. The first-order chi connectivity index (χ1) is 25.7. The molecule has 0 bridgehead atoms. The molecule has 0 radical (unpaired) electrons. The van der Waals surface area contributed by atoms with Crippen molar-refractivity contribution in [3.63, 3.8) is 0 Å². The molecule has 1 unspecified atom stereocenters. The van der Waals surface area contributed by atoms with E-state index in [2.05, 4.69) is 178 Å². The summed E-state index contributed by atoms with van der Waals surface area (Å²) in [6.07, 6.45) is 25.0. The van der Waals surface area contributed by atoms with Crippen LogP contribution in [0.1, 0.15) is 77.4 Å². The molecule has 0 saturated carbocycles. The minimum atomic E-state index is -0.789. The van der Waals surface area contributed by atoms with Crippen LogP contribution in [0.5, 0.6) is 0 Å². The molecule has 1 atom stereocenters. The fourth-order valence-electron chi connectivity index (χ4n) is 6.69. The molecule has 52 heavy (non-hydrogen) atoms. The molecular formula is C49H58NOP. The van der Waals surface area contributed by atoms with Gasteiger partial charge in [-0.25, -0.2) is 0 Å². The Bertz CT molecular complexity index is 1930. The second kappa shape index (κ2) is 22.1. The first kappa shape index (κ1) is 41.5. The first-order valence-electron chi connectivity index (χ1n) is 18.7. The lowest BCUT2D eigenvalue weighted by Crippen LogP contribution is -2.14. The summed E-state index contributed by atoms with van der Waals surface area (Å²) in [5.41, 5.74) is 11.3. The third-order valence-corrected chi connectivity index (χ3v) is 11.1. The SMILES string of the molecule is C=C.CC.CC.C\C=C/C(=C\C(=C\OC)Cc1ccccc1)n1c2c(c3c1C(=C/C)/C(=C\CC)P(c1ccccc1)c1ccccc1-3)C=CC=CC2. The number of rotatable bonds is 8. The van der Waals surface area contributed by atoms with Crippen LogP contribution in [0.3, 0.4) is 0 Å². The molecule has 2 aliphatic rings. The third-order valence-electron chi connectivity index (χ3n) is 8.47. The van der Waals surface area contributed by atoms with Gasteiger partial charge in [-0.05, 0) is 73.0 Å². The Kier molecular flexibility index (Phi) is 17.7. The van der Waals surface area contributed by atoms with E-state index in [1.165, 1.54) is 55.1 Å². The average molecular weight is 708 g/mol. The van der Waals surface area contributed by atoms with Crippen molar-refractivity contribution in [3.8, 4) is 11.1 Å². The van der Waals surface area contributed by atoms with E-state index in [1.54, 1.807) is 7.11 Å². The van der Waals surface area contributed by atoms with Crippen LogP contribution in [0.2, 0.25) is 0 Å². The van der Waals surface area contributed by atoms with Crippen LogP contribution < -0.4 is 10.6 Å². The molecule has 0 fully saturated rings. The van der Waals surface area contributed by atoms with Crippen molar-refractivity contribution in [2.45, 2.75) is 67.7 Å². The van der Waals surface area contributed by atoms with E-state index < -0.39 is 7.92 Å². The molecular weight excluding hydrogens is 650 g/mol. The van der Waals surface area contributed by atoms with Crippen molar-refractivity contribution >= 4 is 35.9 Å². The molecule has 3 heteroatoms. The summed E-state index contributed by atoms with van der Waals surface area (Å²) in [6.45, 7) is 20.6. The number of fused-ring (bicyclic) bond motifs is 5. The predicted molar refractivity (Wildman–Crippen MR) is 235 cm³/mol. The van der Waals surface area contributed by atoms with Crippen molar-refractivity contribution in [1.82, 2.24) is 4.57 Å². The minimum absolute atomic E-state index is 0.779. The van der Waals surface area contributed by atoms with E-state index in [-0.39, 0.29) is 0 Å². The van der Waals surface area contributed by atoms with E-state index in [9.17, 15) is 0 Å². The van der Waals surface area contributed by atoms with Crippen molar-refractivity contribution in [2.75, 3.05) is 7.11 Å². The van der Waals surface area contributed by atoms with Crippen molar-refractivity contribution in [1.29, 1.82) is 0 Å². The van der Waals surface area contributed by atoms with E-state index >= 15 is 0 Å². The Labute approximate surface area is 316 Å².